The van der Waals surface area contributed by atoms with Gasteiger partial charge in [0.05, 0.1) is 0 Å². The van der Waals surface area contributed by atoms with Crippen LogP contribution in [0.3, 0.4) is 0 Å². The number of amides is 1. The normalized spacial score (nSPS) is 21.9. The highest BCUT2D eigenvalue weighted by atomic mass is 19.1. The van der Waals surface area contributed by atoms with Crippen LogP contribution in [0.15, 0.2) is 18.2 Å². The standard InChI is InChI=1S/C19H27FN2O/c1-3-22-14-19(8-7-18(22)23)9-11-21(12-10-19)13-16-5-4-6-17(20)15(16)2/h4-6H,3,7-14H2,1-2H3. The van der Waals surface area contributed by atoms with Gasteiger partial charge in [-0.25, -0.2) is 4.39 Å². The average molecular weight is 318 g/mol. The van der Waals surface area contributed by atoms with Crippen LogP contribution in [0.5, 0.6) is 0 Å². The minimum Gasteiger partial charge on any atom is -0.342 e. The van der Waals surface area contributed by atoms with Crippen LogP contribution in [-0.4, -0.2) is 41.9 Å². The number of nitrogens with zero attached hydrogens (tertiary/aromatic N) is 2. The summed E-state index contributed by atoms with van der Waals surface area (Å²) in [6.07, 6.45) is 4.03. The fourth-order valence-corrected chi connectivity index (χ4v) is 4.05. The summed E-state index contributed by atoms with van der Waals surface area (Å²) in [6.45, 7) is 8.60. The largest absolute Gasteiger partial charge is 0.342 e. The molecule has 1 aromatic rings. The number of rotatable bonds is 3. The van der Waals surface area contributed by atoms with E-state index in [1.54, 1.807) is 6.07 Å². The molecule has 0 aliphatic carbocycles. The van der Waals surface area contributed by atoms with E-state index in [-0.39, 0.29) is 5.82 Å². The maximum Gasteiger partial charge on any atom is 0.222 e. The second-order valence-corrected chi connectivity index (χ2v) is 7.21. The molecule has 2 aliphatic heterocycles. The van der Waals surface area contributed by atoms with E-state index < -0.39 is 0 Å². The van der Waals surface area contributed by atoms with Gasteiger partial charge >= 0.3 is 0 Å². The van der Waals surface area contributed by atoms with Crippen molar-refractivity contribution in [3.63, 3.8) is 0 Å². The zero-order valence-corrected chi connectivity index (χ0v) is 14.3. The number of hydrogen-bond donors (Lipinski definition) is 0. The number of likely N-dealkylation sites (tertiary alicyclic amines) is 2. The van der Waals surface area contributed by atoms with Gasteiger partial charge in [-0.3, -0.25) is 9.69 Å². The van der Waals surface area contributed by atoms with Crippen molar-refractivity contribution < 1.29 is 9.18 Å². The molecule has 1 spiro atoms. The Hall–Kier alpha value is -1.42. The highest BCUT2D eigenvalue weighted by molar-refractivity contribution is 5.77. The minimum atomic E-state index is -0.111. The first-order chi connectivity index (χ1) is 11.0. The first-order valence-corrected chi connectivity index (χ1v) is 8.77. The number of carbonyl (C=O) groups is 1. The number of halogens is 1. The van der Waals surface area contributed by atoms with Crippen molar-refractivity contribution in [2.45, 2.75) is 46.1 Å². The van der Waals surface area contributed by atoms with Crippen molar-refractivity contribution in [2.75, 3.05) is 26.2 Å². The predicted molar refractivity (Wildman–Crippen MR) is 89.6 cm³/mol. The molecule has 0 atom stereocenters. The van der Waals surface area contributed by atoms with E-state index in [2.05, 4.69) is 11.8 Å². The Morgan fingerprint density at radius 2 is 1.96 bits per heavy atom. The Balaban J connectivity index is 1.60. The van der Waals surface area contributed by atoms with E-state index in [1.807, 2.05) is 17.9 Å². The van der Waals surface area contributed by atoms with Gasteiger partial charge in [0.2, 0.25) is 5.91 Å². The van der Waals surface area contributed by atoms with E-state index >= 15 is 0 Å². The molecule has 1 aromatic carbocycles. The quantitative estimate of drug-likeness (QED) is 0.853. The molecule has 1 amide bonds. The van der Waals surface area contributed by atoms with Crippen LogP contribution in [-0.2, 0) is 11.3 Å². The van der Waals surface area contributed by atoms with Crippen LogP contribution in [0.25, 0.3) is 0 Å². The lowest BCUT2D eigenvalue weighted by Crippen LogP contribution is -2.51. The molecule has 0 radical (unpaired) electrons. The zero-order chi connectivity index (χ0) is 16.4. The summed E-state index contributed by atoms with van der Waals surface area (Å²) >= 11 is 0. The lowest BCUT2D eigenvalue weighted by Gasteiger charge is -2.47. The summed E-state index contributed by atoms with van der Waals surface area (Å²) in [5.74, 6) is 0.205. The second kappa shape index (κ2) is 6.60. The molecule has 0 bridgehead atoms. The van der Waals surface area contributed by atoms with Gasteiger partial charge in [0.1, 0.15) is 5.82 Å². The van der Waals surface area contributed by atoms with Crippen LogP contribution < -0.4 is 0 Å². The Labute approximate surface area is 138 Å². The third-order valence-electron chi connectivity index (χ3n) is 5.82. The van der Waals surface area contributed by atoms with Gasteiger partial charge in [-0.2, -0.15) is 0 Å². The molecule has 3 rings (SSSR count). The highest BCUT2D eigenvalue weighted by Crippen LogP contribution is 2.40. The van der Waals surface area contributed by atoms with Gasteiger partial charge in [-0.15, -0.1) is 0 Å². The van der Waals surface area contributed by atoms with Crippen LogP contribution in [0.4, 0.5) is 4.39 Å². The Bertz CT molecular complexity index is 579. The summed E-state index contributed by atoms with van der Waals surface area (Å²) in [4.78, 5) is 16.4. The minimum absolute atomic E-state index is 0.111. The average Bonchev–Trinajstić information content (AvgIpc) is 2.56. The van der Waals surface area contributed by atoms with E-state index in [0.29, 0.717) is 17.7 Å². The van der Waals surface area contributed by atoms with Crippen molar-refractivity contribution in [3.8, 4) is 0 Å². The first kappa shape index (κ1) is 16.4. The van der Waals surface area contributed by atoms with Gasteiger partial charge in [-0.1, -0.05) is 12.1 Å². The van der Waals surface area contributed by atoms with Crippen molar-refractivity contribution in [1.29, 1.82) is 0 Å². The van der Waals surface area contributed by atoms with Crippen LogP contribution in [0, 0.1) is 18.2 Å². The number of carbonyl (C=O) groups excluding carboxylic acids is 1. The monoisotopic (exact) mass is 318 g/mol. The van der Waals surface area contributed by atoms with Crippen LogP contribution in [0.2, 0.25) is 0 Å². The Kier molecular flexibility index (Phi) is 4.72. The van der Waals surface area contributed by atoms with Crippen molar-refractivity contribution in [3.05, 3.63) is 35.1 Å². The van der Waals surface area contributed by atoms with Gasteiger partial charge in [0, 0.05) is 26.1 Å². The topological polar surface area (TPSA) is 23.6 Å². The molecule has 23 heavy (non-hydrogen) atoms. The molecule has 2 saturated heterocycles. The van der Waals surface area contributed by atoms with Gasteiger partial charge in [-0.05, 0) is 68.8 Å². The molecular formula is C19H27FN2O. The van der Waals surface area contributed by atoms with Gasteiger partial charge in [0.15, 0.2) is 0 Å². The van der Waals surface area contributed by atoms with E-state index in [0.717, 1.165) is 63.1 Å². The predicted octanol–water partition coefficient (Wildman–Crippen LogP) is 3.36. The lowest BCUT2D eigenvalue weighted by molar-refractivity contribution is -0.138. The third kappa shape index (κ3) is 3.42. The maximum absolute atomic E-state index is 13.7. The zero-order valence-electron chi connectivity index (χ0n) is 14.3. The van der Waals surface area contributed by atoms with Crippen LogP contribution in [0.1, 0.15) is 43.7 Å². The van der Waals surface area contributed by atoms with E-state index in [4.69, 9.17) is 0 Å². The number of piperidine rings is 2. The van der Waals surface area contributed by atoms with Gasteiger partial charge in [0.25, 0.3) is 0 Å². The molecule has 2 fully saturated rings. The summed E-state index contributed by atoms with van der Waals surface area (Å²) < 4.78 is 13.7. The Morgan fingerprint density at radius 3 is 2.65 bits per heavy atom. The molecule has 126 valence electrons. The molecule has 4 heteroatoms. The molecule has 0 saturated carbocycles. The summed E-state index contributed by atoms with van der Waals surface area (Å²) in [5, 5.41) is 0. The van der Waals surface area contributed by atoms with Crippen molar-refractivity contribution in [1.82, 2.24) is 9.80 Å². The molecule has 0 aromatic heterocycles. The molecule has 0 unspecified atom stereocenters. The van der Waals surface area contributed by atoms with Crippen molar-refractivity contribution in [2.24, 2.45) is 5.41 Å². The van der Waals surface area contributed by atoms with E-state index in [1.165, 1.54) is 6.07 Å². The number of hydrogen-bond acceptors (Lipinski definition) is 2. The molecule has 2 aliphatic rings. The molecule has 0 N–H and O–H groups in total. The first-order valence-electron chi connectivity index (χ1n) is 8.77. The lowest BCUT2D eigenvalue weighted by atomic mass is 9.72. The SMILES string of the molecule is CCN1CC2(CCC1=O)CCN(Cc1cccc(F)c1C)CC2. The third-order valence-corrected chi connectivity index (χ3v) is 5.82. The second-order valence-electron chi connectivity index (χ2n) is 7.21. The summed E-state index contributed by atoms with van der Waals surface area (Å²) in [5.41, 5.74) is 2.18. The number of benzene rings is 1. The Morgan fingerprint density at radius 1 is 1.22 bits per heavy atom. The van der Waals surface area contributed by atoms with Crippen molar-refractivity contribution >= 4 is 5.91 Å². The molecular weight excluding hydrogens is 291 g/mol. The summed E-state index contributed by atoms with van der Waals surface area (Å²) in [7, 11) is 0. The fourth-order valence-electron chi connectivity index (χ4n) is 4.05. The van der Waals surface area contributed by atoms with E-state index in [9.17, 15) is 9.18 Å². The molecule has 3 nitrogen and oxygen atoms in total. The summed E-state index contributed by atoms with van der Waals surface area (Å²) in [6, 6.07) is 5.36. The highest BCUT2D eigenvalue weighted by Gasteiger charge is 2.40. The van der Waals surface area contributed by atoms with Crippen LogP contribution >= 0.6 is 0 Å². The smallest absolute Gasteiger partial charge is 0.222 e. The maximum atomic E-state index is 13.7. The molecule has 2 heterocycles. The van der Waals surface area contributed by atoms with Gasteiger partial charge < -0.3 is 4.90 Å². The fraction of sp³-hybridized carbons (Fsp3) is 0.632.